The van der Waals surface area contributed by atoms with E-state index in [2.05, 4.69) is 5.32 Å². The number of nitrogens with one attached hydrogen (secondary N) is 1. The van der Waals surface area contributed by atoms with Crippen molar-refractivity contribution in [3.05, 3.63) is 65.5 Å². The third-order valence-electron chi connectivity index (χ3n) is 3.70. The third-order valence-corrected chi connectivity index (χ3v) is 3.98. The number of carbonyl (C=O) groups is 2. The lowest BCUT2D eigenvalue weighted by Gasteiger charge is -2.29. The zero-order valence-corrected chi connectivity index (χ0v) is 14.7. The predicted octanol–water partition coefficient (Wildman–Crippen LogP) is 3.06. The number of benzene rings is 2. The van der Waals surface area contributed by atoms with Crippen LogP contribution in [0.5, 0.6) is 5.75 Å². The molecule has 0 spiro atoms. The molecule has 2 amide bonds. The van der Waals surface area contributed by atoms with Gasteiger partial charge in [0.05, 0.1) is 12.3 Å². The summed E-state index contributed by atoms with van der Waals surface area (Å²) < 4.78 is 19.5. The van der Waals surface area contributed by atoms with Crippen LogP contribution < -0.4 is 15.0 Å². The highest BCUT2D eigenvalue weighted by atomic mass is 32.1. The second-order valence-electron chi connectivity index (χ2n) is 5.41. The molecule has 0 saturated carbocycles. The van der Waals surface area contributed by atoms with Crippen molar-refractivity contribution in [2.45, 2.75) is 6.92 Å². The summed E-state index contributed by atoms with van der Waals surface area (Å²) in [4.78, 5) is 26.0. The van der Waals surface area contributed by atoms with Crippen molar-refractivity contribution < 1.29 is 18.7 Å². The highest BCUT2D eigenvalue weighted by Gasteiger charge is 2.35. The van der Waals surface area contributed by atoms with Gasteiger partial charge in [0.2, 0.25) is 0 Å². The molecule has 0 aromatic heterocycles. The summed E-state index contributed by atoms with van der Waals surface area (Å²) in [5.74, 6) is -1.23. The minimum Gasteiger partial charge on any atom is -0.494 e. The number of rotatable bonds is 4. The minimum atomic E-state index is -0.683. The largest absolute Gasteiger partial charge is 0.494 e. The van der Waals surface area contributed by atoms with Crippen LogP contribution in [0, 0.1) is 5.82 Å². The molecule has 7 heteroatoms. The molecule has 0 radical (unpaired) electrons. The van der Waals surface area contributed by atoms with Crippen LogP contribution in [0.25, 0.3) is 6.08 Å². The predicted molar refractivity (Wildman–Crippen MR) is 100 cm³/mol. The molecule has 0 aliphatic carbocycles. The summed E-state index contributed by atoms with van der Waals surface area (Å²) in [5, 5.41) is 2.27. The molecule has 1 heterocycles. The van der Waals surface area contributed by atoms with Crippen molar-refractivity contribution in [1.82, 2.24) is 5.32 Å². The van der Waals surface area contributed by atoms with E-state index < -0.39 is 17.6 Å². The lowest BCUT2D eigenvalue weighted by atomic mass is 10.1. The maximum Gasteiger partial charge on any atom is 0.270 e. The summed E-state index contributed by atoms with van der Waals surface area (Å²) in [6.45, 7) is 2.41. The van der Waals surface area contributed by atoms with Gasteiger partial charge in [-0.1, -0.05) is 24.3 Å². The van der Waals surface area contributed by atoms with Crippen molar-refractivity contribution in [3.8, 4) is 5.75 Å². The molecule has 5 nitrogen and oxygen atoms in total. The van der Waals surface area contributed by atoms with Gasteiger partial charge >= 0.3 is 0 Å². The normalized spacial score (nSPS) is 16.0. The number of halogens is 1. The first-order valence-corrected chi connectivity index (χ1v) is 8.31. The van der Waals surface area contributed by atoms with E-state index in [1.54, 1.807) is 30.3 Å². The van der Waals surface area contributed by atoms with E-state index >= 15 is 0 Å². The number of nitrogens with zero attached hydrogens (tertiary/aromatic N) is 1. The first-order valence-electron chi connectivity index (χ1n) is 7.90. The highest BCUT2D eigenvalue weighted by Crippen LogP contribution is 2.24. The van der Waals surface area contributed by atoms with E-state index in [0.717, 1.165) is 4.90 Å². The zero-order valence-electron chi connectivity index (χ0n) is 13.9. The lowest BCUT2D eigenvalue weighted by molar-refractivity contribution is -0.122. The fraction of sp³-hybridized carbons (Fsp3) is 0.105. The van der Waals surface area contributed by atoms with Gasteiger partial charge in [0.1, 0.15) is 17.1 Å². The maximum atomic E-state index is 14.1. The quantitative estimate of drug-likeness (QED) is 0.511. The van der Waals surface area contributed by atoms with E-state index in [1.165, 1.54) is 24.3 Å². The molecule has 2 aromatic carbocycles. The van der Waals surface area contributed by atoms with Gasteiger partial charge in [-0.25, -0.2) is 9.29 Å². The molecule has 26 heavy (non-hydrogen) atoms. The van der Waals surface area contributed by atoms with E-state index in [9.17, 15) is 14.0 Å². The van der Waals surface area contributed by atoms with Crippen LogP contribution in [0.4, 0.5) is 10.1 Å². The number of thiocarbonyl (C=S) groups is 1. The van der Waals surface area contributed by atoms with Crippen molar-refractivity contribution in [2.24, 2.45) is 0 Å². The Labute approximate surface area is 155 Å². The number of anilines is 1. The van der Waals surface area contributed by atoms with Crippen molar-refractivity contribution in [3.63, 3.8) is 0 Å². The summed E-state index contributed by atoms with van der Waals surface area (Å²) >= 11 is 5.05. The van der Waals surface area contributed by atoms with Crippen LogP contribution >= 0.6 is 12.2 Å². The van der Waals surface area contributed by atoms with E-state index in [-0.39, 0.29) is 16.4 Å². The Kier molecular flexibility index (Phi) is 5.09. The summed E-state index contributed by atoms with van der Waals surface area (Å²) in [5.41, 5.74) is 0.486. The maximum absolute atomic E-state index is 14.1. The van der Waals surface area contributed by atoms with Gasteiger partial charge in [-0.05, 0) is 55.0 Å². The number of amides is 2. The van der Waals surface area contributed by atoms with Gasteiger partial charge in [-0.2, -0.15) is 0 Å². The topological polar surface area (TPSA) is 58.6 Å². The number of hydrogen-bond acceptors (Lipinski definition) is 4. The van der Waals surface area contributed by atoms with Crippen molar-refractivity contribution in [2.75, 3.05) is 11.5 Å². The summed E-state index contributed by atoms with van der Waals surface area (Å²) in [7, 11) is 0. The standard InChI is InChI=1S/C19H15FN2O3S/c1-2-25-13-9-7-12(8-10-13)11-14-17(23)21-19(26)22(18(14)24)16-6-4-3-5-15(16)20/h3-11H,2H2,1H3,(H,21,23,26)/b14-11+. The summed E-state index contributed by atoms with van der Waals surface area (Å²) in [6, 6.07) is 12.6. The van der Waals surface area contributed by atoms with E-state index in [0.29, 0.717) is 17.9 Å². The van der Waals surface area contributed by atoms with Gasteiger partial charge < -0.3 is 4.74 Å². The molecule has 0 atom stereocenters. The van der Waals surface area contributed by atoms with Crippen LogP contribution in [0.1, 0.15) is 12.5 Å². The molecule has 2 aromatic rings. The highest BCUT2D eigenvalue weighted by molar-refractivity contribution is 7.80. The van der Waals surface area contributed by atoms with Crippen LogP contribution in [0.2, 0.25) is 0 Å². The molecular formula is C19H15FN2O3S. The SMILES string of the molecule is CCOc1ccc(/C=C2\C(=O)NC(=S)N(c3ccccc3F)C2=O)cc1. The molecular weight excluding hydrogens is 355 g/mol. The van der Waals surface area contributed by atoms with Crippen molar-refractivity contribution >= 4 is 40.9 Å². The summed E-state index contributed by atoms with van der Waals surface area (Å²) in [6.07, 6.45) is 1.43. The van der Waals surface area contributed by atoms with E-state index in [4.69, 9.17) is 17.0 Å². The monoisotopic (exact) mass is 370 g/mol. The smallest absolute Gasteiger partial charge is 0.270 e. The first kappa shape index (κ1) is 17.8. The number of carbonyl (C=O) groups excluding carboxylic acids is 2. The number of ether oxygens (including phenoxy) is 1. The third kappa shape index (κ3) is 3.48. The van der Waals surface area contributed by atoms with Crippen LogP contribution in [0.3, 0.4) is 0 Å². The molecule has 1 fully saturated rings. The average molecular weight is 370 g/mol. The molecule has 1 aliphatic rings. The Bertz CT molecular complexity index is 909. The van der Waals surface area contributed by atoms with E-state index in [1.807, 2.05) is 6.92 Å². The fourth-order valence-electron chi connectivity index (χ4n) is 2.50. The number of para-hydroxylation sites is 1. The Morgan fingerprint density at radius 3 is 2.50 bits per heavy atom. The van der Waals surface area contributed by atoms with Crippen LogP contribution in [-0.4, -0.2) is 23.5 Å². The molecule has 1 N–H and O–H groups in total. The van der Waals surface area contributed by atoms with Gasteiger partial charge in [-0.15, -0.1) is 0 Å². The minimum absolute atomic E-state index is 0.0138. The Hall–Kier alpha value is -3.06. The van der Waals surface area contributed by atoms with Gasteiger partial charge in [0, 0.05) is 0 Å². The molecule has 132 valence electrons. The fourth-order valence-corrected chi connectivity index (χ4v) is 2.78. The average Bonchev–Trinajstić information content (AvgIpc) is 2.62. The Morgan fingerprint density at radius 1 is 1.15 bits per heavy atom. The second kappa shape index (κ2) is 7.45. The van der Waals surface area contributed by atoms with Gasteiger partial charge in [0.15, 0.2) is 5.11 Å². The van der Waals surface area contributed by atoms with Crippen LogP contribution in [-0.2, 0) is 9.59 Å². The van der Waals surface area contributed by atoms with Crippen LogP contribution in [0.15, 0.2) is 54.1 Å². The molecule has 0 bridgehead atoms. The Morgan fingerprint density at radius 2 is 1.85 bits per heavy atom. The first-order chi connectivity index (χ1) is 12.5. The molecule has 1 aliphatic heterocycles. The van der Waals surface area contributed by atoms with Gasteiger partial charge in [-0.3, -0.25) is 14.9 Å². The van der Waals surface area contributed by atoms with Crippen molar-refractivity contribution in [1.29, 1.82) is 0 Å². The molecule has 0 unspecified atom stereocenters. The number of hydrogen-bond donors (Lipinski definition) is 1. The zero-order chi connectivity index (χ0) is 18.7. The lowest BCUT2D eigenvalue weighted by Crippen LogP contribution is -2.54. The molecule has 3 rings (SSSR count). The molecule has 1 saturated heterocycles. The Balaban J connectivity index is 1.96. The second-order valence-corrected chi connectivity index (χ2v) is 5.80. The van der Waals surface area contributed by atoms with Gasteiger partial charge in [0.25, 0.3) is 11.8 Å².